The Balaban J connectivity index is 3.12. The van der Waals surface area contributed by atoms with Crippen molar-refractivity contribution in [2.45, 2.75) is 26.1 Å². The van der Waals surface area contributed by atoms with E-state index < -0.39 is 18.2 Å². The highest BCUT2D eigenvalue weighted by molar-refractivity contribution is 5.75. The van der Waals surface area contributed by atoms with Gasteiger partial charge in [0.1, 0.15) is 11.9 Å². The topological polar surface area (TPSA) is 106 Å². The number of aryl methyl sites for hydroxylation is 2. The Labute approximate surface area is 99.0 Å². The zero-order valence-electron chi connectivity index (χ0n) is 9.97. The van der Waals surface area contributed by atoms with E-state index in [-0.39, 0.29) is 0 Å². The van der Waals surface area contributed by atoms with Gasteiger partial charge in [0, 0.05) is 11.3 Å². The number of aliphatic hydroxyl groups excluding tert-OH is 2. The second kappa shape index (κ2) is 5.11. The Bertz CT molecular complexity index is 410. The van der Waals surface area contributed by atoms with E-state index in [9.17, 15) is 15.0 Å². The number of ether oxygens (including phenoxy) is 1. The summed E-state index contributed by atoms with van der Waals surface area (Å²) in [5.41, 5.74) is 7.06. The lowest BCUT2D eigenvalue weighted by Crippen LogP contribution is -2.30. The number of esters is 1. The van der Waals surface area contributed by atoms with Crippen LogP contribution in [0.1, 0.15) is 22.9 Å². The molecule has 0 fully saturated rings. The number of aromatic nitrogens is 1. The van der Waals surface area contributed by atoms with Gasteiger partial charge in [-0.05, 0) is 25.5 Å². The first kappa shape index (κ1) is 13.4. The smallest absolute Gasteiger partial charge is 0.337 e. The van der Waals surface area contributed by atoms with Crippen molar-refractivity contribution in [3.8, 4) is 0 Å². The molecule has 17 heavy (non-hydrogen) atoms. The molecule has 0 amide bonds. The van der Waals surface area contributed by atoms with Crippen molar-refractivity contribution in [1.82, 2.24) is 4.98 Å². The Morgan fingerprint density at radius 1 is 1.47 bits per heavy atom. The molecule has 0 aromatic carbocycles. The summed E-state index contributed by atoms with van der Waals surface area (Å²) in [6.07, 6.45) is -3.02. The van der Waals surface area contributed by atoms with Gasteiger partial charge in [0.05, 0.1) is 7.11 Å². The van der Waals surface area contributed by atoms with E-state index in [4.69, 9.17) is 5.73 Å². The summed E-state index contributed by atoms with van der Waals surface area (Å²) in [6, 6.07) is 1.57. The third-order valence-corrected chi connectivity index (χ3v) is 2.51. The molecule has 2 atom stereocenters. The van der Waals surface area contributed by atoms with Gasteiger partial charge >= 0.3 is 5.97 Å². The number of nitrogen functional groups attached to an aromatic ring is 1. The average Bonchev–Trinajstić information content (AvgIpc) is 2.25. The quantitative estimate of drug-likeness (QED) is 0.634. The van der Waals surface area contributed by atoms with Crippen LogP contribution < -0.4 is 5.73 Å². The molecule has 0 aliphatic carbocycles. The minimum Gasteiger partial charge on any atom is -0.467 e. The summed E-state index contributed by atoms with van der Waals surface area (Å²) in [4.78, 5) is 15.1. The molecule has 0 saturated carbocycles. The van der Waals surface area contributed by atoms with Crippen LogP contribution in [0.4, 0.5) is 5.82 Å². The Hall–Kier alpha value is -1.66. The van der Waals surface area contributed by atoms with E-state index in [0.717, 1.165) is 7.11 Å². The summed E-state index contributed by atoms with van der Waals surface area (Å²) in [6.45, 7) is 3.36. The first-order chi connectivity index (χ1) is 7.88. The summed E-state index contributed by atoms with van der Waals surface area (Å²) in [5, 5.41) is 19.5. The van der Waals surface area contributed by atoms with Crippen molar-refractivity contribution in [2.75, 3.05) is 12.8 Å². The van der Waals surface area contributed by atoms with E-state index in [1.165, 1.54) is 0 Å². The molecule has 94 valence electrons. The SMILES string of the molecule is COC(=O)C(O)C(O)c1c(C)cc(N)nc1C. The van der Waals surface area contributed by atoms with Crippen molar-refractivity contribution in [3.05, 3.63) is 22.9 Å². The summed E-state index contributed by atoms with van der Waals surface area (Å²) < 4.78 is 4.36. The Kier molecular flexibility index (Phi) is 4.03. The fourth-order valence-electron chi connectivity index (χ4n) is 1.73. The normalized spacial score (nSPS) is 14.2. The molecule has 0 spiro atoms. The molecule has 6 nitrogen and oxygen atoms in total. The zero-order valence-corrected chi connectivity index (χ0v) is 9.97. The van der Waals surface area contributed by atoms with Crippen LogP contribution >= 0.6 is 0 Å². The third-order valence-electron chi connectivity index (χ3n) is 2.51. The first-order valence-corrected chi connectivity index (χ1v) is 5.06. The molecule has 1 aromatic heterocycles. The van der Waals surface area contributed by atoms with E-state index in [1.807, 2.05) is 0 Å². The molecule has 6 heteroatoms. The summed E-state index contributed by atoms with van der Waals surface area (Å²) in [5.74, 6) is -0.573. The van der Waals surface area contributed by atoms with Gasteiger partial charge in [-0.2, -0.15) is 0 Å². The fraction of sp³-hybridized carbons (Fsp3) is 0.455. The van der Waals surface area contributed by atoms with E-state index in [2.05, 4.69) is 9.72 Å². The molecule has 0 aliphatic rings. The number of aliphatic hydroxyl groups is 2. The van der Waals surface area contributed by atoms with Crippen LogP contribution in [0.5, 0.6) is 0 Å². The van der Waals surface area contributed by atoms with E-state index >= 15 is 0 Å². The molecule has 1 rings (SSSR count). The standard InChI is InChI=1S/C11H16N2O4/c1-5-4-7(12)13-6(2)8(5)9(14)10(15)11(16)17-3/h4,9-10,14-15H,1-3H3,(H2,12,13). The van der Waals surface area contributed by atoms with Crippen molar-refractivity contribution in [2.24, 2.45) is 0 Å². The monoisotopic (exact) mass is 240 g/mol. The van der Waals surface area contributed by atoms with Gasteiger partial charge in [-0.1, -0.05) is 0 Å². The molecule has 0 aliphatic heterocycles. The van der Waals surface area contributed by atoms with Crippen molar-refractivity contribution in [3.63, 3.8) is 0 Å². The minimum absolute atomic E-state index is 0.323. The second-order valence-electron chi connectivity index (χ2n) is 3.78. The lowest BCUT2D eigenvalue weighted by Gasteiger charge is -2.19. The molecular formula is C11H16N2O4. The summed E-state index contributed by atoms with van der Waals surface area (Å²) >= 11 is 0. The van der Waals surface area contributed by atoms with Gasteiger partial charge in [-0.15, -0.1) is 0 Å². The average molecular weight is 240 g/mol. The maximum absolute atomic E-state index is 11.1. The number of nitrogens with zero attached hydrogens (tertiary/aromatic N) is 1. The number of nitrogens with two attached hydrogens (primary N) is 1. The first-order valence-electron chi connectivity index (χ1n) is 5.06. The van der Waals surface area contributed by atoms with Crippen molar-refractivity contribution in [1.29, 1.82) is 0 Å². The number of hydrogen-bond donors (Lipinski definition) is 3. The molecule has 4 N–H and O–H groups in total. The number of pyridine rings is 1. The molecule has 0 radical (unpaired) electrons. The highest BCUT2D eigenvalue weighted by atomic mass is 16.5. The van der Waals surface area contributed by atoms with Gasteiger partial charge in [0.15, 0.2) is 6.10 Å². The lowest BCUT2D eigenvalue weighted by atomic mass is 9.98. The molecule has 1 aromatic rings. The van der Waals surface area contributed by atoms with Gasteiger partial charge in [-0.25, -0.2) is 9.78 Å². The second-order valence-corrected chi connectivity index (χ2v) is 3.78. The van der Waals surface area contributed by atoms with Crippen molar-refractivity contribution >= 4 is 11.8 Å². The van der Waals surface area contributed by atoms with Gasteiger partial charge in [0.2, 0.25) is 0 Å². The Morgan fingerprint density at radius 3 is 2.53 bits per heavy atom. The molecule has 0 saturated heterocycles. The number of carbonyl (C=O) groups excluding carboxylic acids is 1. The largest absolute Gasteiger partial charge is 0.467 e. The number of hydrogen-bond acceptors (Lipinski definition) is 6. The number of rotatable bonds is 3. The van der Waals surface area contributed by atoms with Crippen LogP contribution in [0, 0.1) is 13.8 Å². The lowest BCUT2D eigenvalue weighted by molar-refractivity contribution is -0.156. The predicted octanol–water partition coefficient (Wildman–Crippen LogP) is -0.152. The van der Waals surface area contributed by atoms with Crippen LogP contribution in [0.2, 0.25) is 0 Å². The fourth-order valence-corrected chi connectivity index (χ4v) is 1.73. The van der Waals surface area contributed by atoms with Gasteiger partial charge in [0.25, 0.3) is 0 Å². The third kappa shape index (κ3) is 2.72. The molecule has 0 bridgehead atoms. The van der Waals surface area contributed by atoms with Crippen LogP contribution in [0.15, 0.2) is 6.07 Å². The zero-order chi connectivity index (χ0) is 13.2. The predicted molar refractivity (Wildman–Crippen MR) is 61.1 cm³/mol. The van der Waals surface area contributed by atoms with Crippen molar-refractivity contribution < 1.29 is 19.7 Å². The maximum atomic E-state index is 11.1. The summed E-state index contributed by atoms with van der Waals surface area (Å²) in [7, 11) is 1.14. The van der Waals surface area contributed by atoms with Crippen LogP contribution in [0.25, 0.3) is 0 Å². The maximum Gasteiger partial charge on any atom is 0.337 e. The number of methoxy groups -OCH3 is 1. The molecular weight excluding hydrogens is 224 g/mol. The van der Waals surface area contributed by atoms with Crippen LogP contribution in [0.3, 0.4) is 0 Å². The number of carbonyl (C=O) groups is 1. The van der Waals surface area contributed by atoms with Crippen LogP contribution in [-0.2, 0) is 9.53 Å². The van der Waals surface area contributed by atoms with E-state index in [1.54, 1.807) is 19.9 Å². The van der Waals surface area contributed by atoms with Gasteiger partial charge in [-0.3, -0.25) is 0 Å². The Morgan fingerprint density at radius 2 is 2.06 bits per heavy atom. The molecule has 2 unspecified atom stereocenters. The minimum atomic E-state index is -1.64. The highest BCUT2D eigenvalue weighted by Crippen LogP contribution is 2.25. The highest BCUT2D eigenvalue weighted by Gasteiger charge is 2.29. The van der Waals surface area contributed by atoms with E-state index in [0.29, 0.717) is 22.6 Å². The van der Waals surface area contributed by atoms with Gasteiger partial charge < -0.3 is 20.7 Å². The molecule has 1 heterocycles. The van der Waals surface area contributed by atoms with Crippen LogP contribution in [-0.4, -0.2) is 34.4 Å². The number of anilines is 1.